The van der Waals surface area contributed by atoms with Crippen molar-refractivity contribution in [3.8, 4) is 0 Å². The SMILES string of the molecule is C=CCN1C(=O)C2C(=NC3=[N+]2CC(C)=NN3C(C)C)N(C)C1=O. The first kappa shape index (κ1) is 15.4. The highest BCUT2D eigenvalue weighted by Gasteiger charge is 2.54. The number of aliphatic imine (C=N–C) groups is 1. The number of rotatable bonds is 3. The number of amidine groups is 1. The number of imide groups is 1. The molecule has 0 saturated carbocycles. The number of amides is 3. The van der Waals surface area contributed by atoms with Gasteiger partial charge >= 0.3 is 12.0 Å². The minimum absolute atomic E-state index is 0.104. The largest absolute Gasteiger partial charge is 0.416 e. The zero-order valence-electron chi connectivity index (χ0n) is 13.9. The van der Waals surface area contributed by atoms with Gasteiger partial charge in [0.15, 0.2) is 0 Å². The lowest BCUT2D eigenvalue weighted by atomic mass is 10.1. The third-order valence-electron chi connectivity index (χ3n) is 4.07. The molecule has 0 N–H and O–H groups in total. The fourth-order valence-electron chi connectivity index (χ4n) is 3.00. The summed E-state index contributed by atoms with van der Waals surface area (Å²) in [6.07, 6.45) is 1.55. The van der Waals surface area contributed by atoms with Gasteiger partial charge in [-0.25, -0.2) is 9.37 Å². The van der Waals surface area contributed by atoms with E-state index in [1.54, 1.807) is 18.1 Å². The van der Waals surface area contributed by atoms with Crippen LogP contribution in [-0.4, -0.2) is 81.1 Å². The molecule has 0 radical (unpaired) electrons. The van der Waals surface area contributed by atoms with Crippen molar-refractivity contribution >= 4 is 29.4 Å². The van der Waals surface area contributed by atoms with Crippen molar-refractivity contribution in [1.29, 1.82) is 0 Å². The highest BCUT2D eigenvalue weighted by atomic mass is 16.2. The van der Waals surface area contributed by atoms with Gasteiger partial charge in [-0.1, -0.05) is 11.1 Å². The second kappa shape index (κ2) is 5.29. The number of carbonyl (C=O) groups excluding carboxylic acids is 2. The lowest BCUT2D eigenvalue weighted by Gasteiger charge is -2.33. The molecule has 0 spiro atoms. The van der Waals surface area contributed by atoms with Crippen LogP contribution in [0.1, 0.15) is 20.8 Å². The molecule has 3 rings (SSSR count). The fourth-order valence-corrected chi connectivity index (χ4v) is 3.00. The maximum absolute atomic E-state index is 12.8. The normalized spacial score (nSPS) is 24.0. The predicted octanol–water partition coefficient (Wildman–Crippen LogP) is 0.316. The van der Waals surface area contributed by atoms with Gasteiger partial charge in [-0.15, -0.1) is 16.7 Å². The standard InChI is InChI=1S/C15H21N6O2/c1-6-7-19-13(22)11-12(18(5)15(19)23)16-14-20(11)8-10(4)17-21(14)9(2)3/h6,9,11H,1,7-8H2,2-5H3/q+1. The van der Waals surface area contributed by atoms with Gasteiger partial charge in [-0.05, 0) is 20.8 Å². The summed E-state index contributed by atoms with van der Waals surface area (Å²) in [5.41, 5.74) is 0.904. The summed E-state index contributed by atoms with van der Waals surface area (Å²) in [5.74, 6) is 0.824. The Kier molecular flexibility index (Phi) is 3.54. The Morgan fingerprint density at radius 3 is 2.74 bits per heavy atom. The number of hydrazone groups is 1. The van der Waals surface area contributed by atoms with Crippen molar-refractivity contribution < 1.29 is 14.2 Å². The summed E-state index contributed by atoms with van der Waals surface area (Å²) in [6, 6.07) is -0.855. The molecule has 0 aromatic carbocycles. The van der Waals surface area contributed by atoms with Crippen LogP contribution in [0.5, 0.6) is 0 Å². The average Bonchev–Trinajstić information content (AvgIpc) is 2.87. The van der Waals surface area contributed by atoms with Gasteiger partial charge in [0, 0.05) is 13.6 Å². The molecule has 3 aliphatic rings. The van der Waals surface area contributed by atoms with Gasteiger partial charge < -0.3 is 0 Å². The first-order valence-electron chi connectivity index (χ1n) is 7.62. The van der Waals surface area contributed by atoms with Gasteiger partial charge in [-0.3, -0.25) is 14.6 Å². The number of fused-ring (bicyclic) bond motifs is 2. The minimum Gasteiger partial charge on any atom is -0.270 e. The lowest BCUT2D eigenvalue weighted by molar-refractivity contribution is -0.528. The molecule has 8 nitrogen and oxygen atoms in total. The van der Waals surface area contributed by atoms with Gasteiger partial charge in [0.25, 0.3) is 5.91 Å². The van der Waals surface area contributed by atoms with E-state index in [0.29, 0.717) is 18.3 Å². The zero-order valence-corrected chi connectivity index (χ0v) is 13.9. The summed E-state index contributed by atoms with van der Waals surface area (Å²) in [6.45, 7) is 10.3. The monoisotopic (exact) mass is 317 g/mol. The van der Waals surface area contributed by atoms with Gasteiger partial charge in [0.2, 0.25) is 11.9 Å². The van der Waals surface area contributed by atoms with E-state index in [0.717, 1.165) is 5.71 Å². The van der Waals surface area contributed by atoms with E-state index in [1.807, 2.05) is 25.3 Å². The van der Waals surface area contributed by atoms with Crippen molar-refractivity contribution in [1.82, 2.24) is 14.8 Å². The van der Waals surface area contributed by atoms with Crippen LogP contribution < -0.4 is 0 Å². The first-order chi connectivity index (χ1) is 10.9. The van der Waals surface area contributed by atoms with Crippen molar-refractivity contribution in [2.24, 2.45) is 10.1 Å². The molecular formula is C15H21N6O2+. The highest BCUT2D eigenvalue weighted by molar-refractivity contribution is 6.23. The minimum atomic E-state index is -0.584. The number of likely N-dealkylation sites (N-methyl/N-ethyl adjacent to an activating group) is 1. The maximum Gasteiger partial charge on any atom is 0.416 e. The number of nitrogens with zero attached hydrogens (tertiary/aromatic N) is 6. The topological polar surface area (TPSA) is 71.6 Å². The molecule has 1 fully saturated rings. The van der Waals surface area contributed by atoms with E-state index in [9.17, 15) is 9.59 Å². The molecule has 1 unspecified atom stereocenters. The molecular weight excluding hydrogens is 296 g/mol. The van der Waals surface area contributed by atoms with Crippen LogP contribution in [0, 0.1) is 0 Å². The smallest absolute Gasteiger partial charge is 0.270 e. The molecule has 0 bridgehead atoms. The predicted molar refractivity (Wildman–Crippen MR) is 86.5 cm³/mol. The molecule has 0 aromatic heterocycles. The number of urea groups is 1. The Morgan fingerprint density at radius 1 is 1.43 bits per heavy atom. The number of carbonyl (C=O) groups is 2. The number of hydrogen-bond donors (Lipinski definition) is 0. The summed E-state index contributed by atoms with van der Waals surface area (Å²) < 4.78 is 1.92. The van der Waals surface area contributed by atoms with Crippen LogP contribution in [0.3, 0.4) is 0 Å². The lowest BCUT2D eigenvalue weighted by Crippen LogP contribution is -2.63. The maximum atomic E-state index is 12.8. The second-order valence-corrected chi connectivity index (χ2v) is 6.15. The van der Waals surface area contributed by atoms with Gasteiger partial charge in [0.05, 0.1) is 11.8 Å². The molecule has 3 aliphatic heterocycles. The first-order valence-corrected chi connectivity index (χ1v) is 7.62. The molecule has 23 heavy (non-hydrogen) atoms. The van der Waals surface area contributed by atoms with Crippen LogP contribution in [0.2, 0.25) is 0 Å². The quantitative estimate of drug-likeness (QED) is 0.556. The van der Waals surface area contributed by atoms with Crippen LogP contribution in [0.15, 0.2) is 22.7 Å². The second-order valence-electron chi connectivity index (χ2n) is 6.15. The molecule has 122 valence electrons. The molecule has 0 aliphatic carbocycles. The van der Waals surface area contributed by atoms with Gasteiger partial charge in [-0.2, -0.15) is 0 Å². The van der Waals surface area contributed by atoms with E-state index < -0.39 is 6.04 Å². The Balaban J connectivity index is 2.06. The van der Waals surface area contributed by atoms with Crippen LogP contribution >= 0.6 is 0 Å². The van der Waals surface area contributed by atoms with E-state index >= 15 is 0 Å². The molecule has 1 atom stereocenters. The third kappa shape index (κ3) is 2.16. The van der Waals surface area contributed by atoms with Crippen molar-refractivity contribution in [2.45, 2.75) is 32.9 Å². The average molecular weight is 317 g/mol. The van der Waals surface area contributed by atoms with E-state index in [1.165, 1.54) is 9.80 Å². The van der Waals surface area contributed by atoms with Crippen molar-refractivity contribution in [3.05, 3.63) is 12.7 Å². The van der Waals surface area contributed by atoms with Crippen LogP contribution in [0.4, 0.5) is 4.79 Å². The Hall–Kier alpha value is -2.51. The number of guanidine groups is 1. The van der Waals surface area contributed by atoms with E-state index in [2.05, 4.69) is 16.7 Å². The van der Waals surface area contributed by atoms with E-state index in [-0.39, 0.29) is 24.5 Å². The van der Waals surface area contributed by atoms with Crippen LogP contribution in [-0.2, 0) is 4.79 Å². The van der Waals surface area contributed by atoms with Gasteiger partial charge in [0.1, 0.15) is 6.54 Å². The van der Waals surface area contributed by atoms with Crippen molar-refractivity contribution in [3.63, 3.8) is 0 Å². The fraction of sp³-hybridized carbons (Fsp3) is 0.533. The molecule has 8 heteroatoms. The van der Waals surface area contributed by atoms with Crippen molar-refractivity contribution in [2.75, 3.05) is 20.1 Å². The number of hydrogen-bond acceptors (Lipinski definition) is 5. The third-order valence-corrected chi connectivity index (χ3v) is 4.07. The summed E-state index contributed by atoms with van der Waals surface area (Å²) in [5, 5.41) is 6.33. The van der Waals surface area contributed by atoms with E-state index in [4.69, 9.17) is 0 Å². The zero-order chi connectivity index (χ0) is 16.9. The molecule has 3 heterocycles. The molecule has 3 amide bonds. The Morgan fingerprint density at radius 2 is 2.13 bits per heavy atom. The highest BCUT2D eigenvalue weighted by Crippen LogP contribution is 2.23. The summed E-state index contributed by atoms with van der Waals surface area (Å²) in [4.78, 5) is 32.4. The Labute approximate surface area is 135 Å². The molecule has 1 saturated heterocycles. The summed E-state index contributed by atoms with van der Waals surface area (Å²) >= 11 is 0. The summed E-state index contributed by atoms with van der Waals surface area (Å²) in [7, 11) is 1.64. The Bertz CT molecular complexity index is 690. The van der Waals surface area contributed by atoms with Crippen LogP contribution in [0.25, 0.3) is 0 Å². The molecule has 0 aromatic rings.